The number of benzene rings is 1. The Morgan fingerprint density at radius 2 is 1.86 bits per heavy atom. The maximum Gasteiger partial charge on any atom is 0.219 e. The second-order valence-corrected chi connectivity index (χ2v) is 5.48. The summed E-state index contributed by atoms with van der Waals surface area (Å²) in [7, 11) is 1.91. The van der Waals surface area contributed by atoms with E-state index in [2.05, 4.69) is 26.6 Å². The van der Waals surface area contributed by atoms with Gasteiger partial charge in [-0.3, -0.25) is 4.79 Å². The van der Waals surface area contributed by atoms with E-state index in [4.69, 9.17) is 4.74 Å². The topological polar surface area (TPSA) is 50.4 Å². The number of carbonyl (C=O) groups is 1. The molecule has 4 nitrogen and oxygen atoms in total. The minimum absolute atomic E-state index is 0. The maximum atomic E-state index is 11.5. The molecule has 1 amide bonds. The van der Waals surface area contributed by atoms with E-state index in [1.807, 2.05) is 31.3 Å². The third kappa shape index (κ3) is 10.6. The number of amides is 1. The Kier molecular flexibility index (Phi) is 12.4. The quantitative estimate of drug-likeness (QED) is 0.614. The Hall–Kier alpha value is -0.780. The SMILES string of the molecule is CNCCCNC(=O)CCCCOc1ccc(Br)cc1.Cl. The van der Waals surface area contributed by atoms with Gasteiger partial charge in [0.15, 0.2) is 0 Å². The predicted octanol–water partition coefficient (Wildman–Crippen LogP) is 3.15. The van der Waals surface area contributed by atoms with Crippen LogP contribution in [-0.4, -0.2) is 32.7 Å². The molecule has 0 unspecified atom stereocenters. The summed E-state index contributed by atoms with van der Waals surface area (Å²) in [6, 6.07) is 7.76. The zero-order valence-corrected chi connectivity index (χ0v) is 14.8. The number of halogens is 2. The van der Waals surface area contributed by atoms with Crippen molar-refractivity contribution < 1.29 is 9.53 Å². The van der Waals surface area contributed by atoms with Gasteiger partial charge in [0.05, 0.1) is 6.61 Å². The molecule has 0 saturated heterocycles. The number of hydrogen-bond acceptors (Lipinski definition) is 3. The van der Waals surface area contributed by atoms with Gasteiger partial charge in [0.25, 0.3) is 0 Å². The molecule has 21 heavy (non-hydrogen) atoms. The molecule has 0 radical (unpaired) electrons. The molecule has 1 rings (SSSR count). The lowest BCUT2D eigenvalue weighted by atomic mass is 10.2. The van der Waals surface area contributed by atoms with Crippen molar-refractivity contribution in [3.63, 3.8) is 0 Å². The largest absolute Gasteiger partial charge is 0.494 e. The van der Waals surface area contributed by atoms with Crippen molar-refractivity contribution >= 4 is 34.2 Å². The maximum absolute atomic E-state index is 11.5. The first-order valence-corrected chi connectivity index (χ1v) is 7.81. The summed E-state index contributed by atoms with van der Waals surface area (Å²) >= 11 is 3.38. The number of nitrogens with one attached hydrogen (secondary N) is 2. The summed E-state index contributed by atoms with van der Waals surface area (Å²) < 4.78 is 6.64. The van der Waals surface area contributed by atoms with E-state index in [1.54, 1.807) is 0 Å². The van der Waals surface area contributed by atoms with E-state index in [9.17, 15) is 4.79 Å². The number of carbonyl (C=O) groups excluding carboxylic acids is 1. The molecule has 0 aliphatic rings. The van der Waals surface area contributed by atoms with Crippen LogP contribution in [0.3, 0.4) is 0 Å². The van der Waals surface area contributed by atoms with Gasteiger partial charge < -0.3 is 15.4 Å². The van der Waals surface area contributed by atoms with E-state index < -0.39 is 0 Å². The standard InChI is InChI=1S/C15H23BrN2O2.ClH/c1-17-10-4-11-18-15(19)5-2-3-12-20-14-8-6-13(16)7-9-14;/h6-9,17H,2-5,10-12H2,1H3,(H,18,19);1H. The molecule has 0 atom stereocenters. The molecule has 0 spiro atoms. The van der Waals surface area contributed by atoms with Crippen LogP contribution in [0.2, 0.25) is 0 Å². The highest BCUT2D eigenvalue weighted by atomic mass is 79.9. The first-order valence-electron chi connectivity index (χ1n) is 7.02. The molecule has 0 fully saturated rings. The predicted molar refractivity (Wildman–Crippen MR) is 92.3 cm³/mol. The summed E-state index contributed by atoms with van der Waals surface area (Å²) in [5.74, 6) is 0.995. The van der Waals surface area contributed by atoms with Crippen LogP contribution in [0.25, 0.3) is 0 Å². The minimum atomic E-state index is 0. The second-order valence-electron chi connectivity index (χ2n) is 4.57. The number of rotatable bonds is 10. The monoisotopic (exact) mass is 378 g/mol. The first kappa shape index (κ1) is 20.2. The van der Waals surface area contributed by atoms with Crippen molar-refractivity contribution in [2.75, 3.05) is 26.7 Å². The highest BCUT2D eigenvalue weighted by Gasteiger charge is 2.00. The van der Waals surface area contributed by atoms with Gasteiger partial charge in [-0.05, 0) is 57.1 Å². The third-order valence-corrected chi connectivity index (χ3v) is 3.33. The Bertz CT molecular complexity index is 388. The van der Waals surface area contributed by atoms with E-state index in [1.165, 1.54) is 0 Å². The highest BCUT2D eigenvalue weighted by molar-refractivity contribution is 9.10. The molecule has 0 heterocycles. The van der Waals surface area contributed by atoms with Gasteiger partial charge in [0.2, 0.25) is 5.91 Å². The summed E-state index contributed by atoms with van der Waals surface area (Å²) in [4.78, 5) is 11.5. The zero-order valence-electron chi connectivity index (χ0n) is 12.4. The smallest absolute Gasteiger partial charge is 0.219 e. The molecule has 0 aromatic heterocycles. The Labute approximate surface area is 141 Å². The number of ether oxygens (including phenoxy) is 1. The summed E-state index contributed by atoms with van der Waals surface area (Å²) in [6.45, 7) is 2.32. The summed E-state index contributed by atoms with van der Waals surface area (Å²) in [5, 5.41) is 5.96. The molecule has 6 heteroatoms. The molecule has 0 aliphatic heterocycles. The van der Waals surface area contributed by atoms with E-state index in [-0.39, 0.29) is 18.3 Å². The van der Waals surface area contributed by atoms with Gasteiger partial charge in [0, 0.05) is 17.4 Å². The van der Waals surface area contributed by atoms with Crippen LogP contribution < -0.4 is 15.4 Å². The van der Waals surface area contributed by atoms with Crippen LogP contribution in [0.1, 0.15) is 25.7 Å². The number of hydrogen-bond donors (Lipinski definition) is 2. The normalized spacial score (nSPS) is 9.81. The van der Waals surface area contributed by atoms with Crippen LogP contribution in [0.5, 0.6) is 5.75 Å². The first-order chi connectivity index (χ1) is 9.72. The van der Waals surface area contributed by atoms with E-state index in [0.29, 0.717) is 13.0 Å². The average Bonchev–Trinajstić information content (AvgIpc) is 2.45. The fraction of sp³-hybridized carbons (Fsp3) is 0.533. The molecular weight excluding hydrogens is 356 g/mol. The van der Waals surface area contributed by atoms with E-state index in [0.717, 1.165) is 42.6 Å². The third-order valence-electron chi connectivity index (χ3n) is 2.81. The van der Waals surface area contributed by atoms with Crippen LogP contribution in [0, 0.1) is 0 Å². The lowest BCUT2D eigenvalue weighted by Gasteiger charge is -2.07. The van der Waals surface area contributed by atoms with Crippen molar-refractivity contribution in [1.29, 1.82) is 0 Å². The Balaban J connectivity index is 0.00000400. The van der Waals surface area contributed by atoms with Crippen molar-refractivity contribution in [1.82, 2.24) is 10.6 Å². The molecule has 0 aliphatic carbocycles. The van der Waals surface area contributed by atoms with Crippen molar-refractivity contribution in [3.05, 3.63) is 28.7 Å². The van der Waals surface area contributed by atoms with Crippen LogP contribution in [0.15, 0.2) is 28.7 Å². The Morgan fingerprint density at radius 1 is 1.14 bits per heavy atom. The molecule has 120 valence electrons. The van der Waals surface area contributed by atoms with Gasteiger partial charge >= 0.3 is 0 Å². The van der Waals surface area contributed by atoms with Gasteiger partial charge in [-0.25, -0.2) is 0 Å². The Morgan fingerprint density at radius 3 is 2.52 bits per heavy atom. The van der Waals surface area contributed by atoms with Gasteiger partial charge in [-0.2, -0.15) is 0 Å². The molecule has 2 N–H and O–H groups in total. The number of unbranched alkanes of at least 4 members (excludes halogenated alkanes) is 1. The fourth-order valence-corrected chi connectivity index (χ4v) is 1.95. The minimum Gasteiger partial charge on any atom is -0.494 e. The van der Waals surface area contributed by atoms with Crippen LogP contribution >= 0.6 is 28.3 Å². The molecule has 1 aromatic carbocycles. The second kappa shape index (κ2) is 12.9. The van der Waals surface area contributed by atoms with Crippen LogP contribution in [0.4, 0.5) is 0 Å². The van der Waals surface area contributed by atoms with Crippen molar-refractivity contribution in [2.45, 2.75) is 25.7 Å². The van der Waals surface area contributed by atoms with Crippen LogP contribution in [-0.2, 0) is 4.79 Å². The lowest BCUT2D eigenvalue weighted by molar-refractivity contribution is -0.121. The van der Waals surface area contributed by atoms with Crippen molar-refractivity contribution in [3.8, 4) is 5.75 Å². The molecule has 0 bridgehead atoms. The fourth-order valence-electron chi connectivity index (χ4n) is 1.69. The van der Waals surface area contributed by atoms with Gasteiger partial charge in [-0.1, -0.05) is 15.9 Å². The van der Waals surface area contributed by atoms with Crippen molar-refractivity contribution in [2.24, 2.45) is 0 Å². The average molecular weight is 380 g/mol. The molecule has 1 aromatic rings. The molecular formula is C15H24BrClN2O2. The zero-order chi connectivity index (χ0) is 14.6. The lowest BCUT2D eigenvalue weighted by Crippen LogP contribution is -2.26. The van der Waals surface area contributed by atoms with E-state index >= 15 is 0 Å². The molecule has 0 saturated carbocycles. The van der Waals surface area contributed by atoms with Gasteiger partial charge in [0.1, 0.15) is 5.75 Å². The summed E-state index contributed by atoms with van der Waals surface area (Å²) in [6.07, 6.45) is 3.28. The van der Waals surface area contributed by atoms with Gasteiger partial charge in [-0.15, -0.1) is 12.4 Å². The summed E-state index contributed by atoms with van der Waals surface area (Å²) in [5.41, 5.74) is 0. The highest BCUT2D eigenvalue weighted by Crippen LogP contribution is 2.16.